The van der Waals surface area contributed by atoms with Gasteiger partial charge in [-0.15, -0.1) is 0 Å². The van der Waals surface area contributed by atoms with Crippen LogP contribution in [-0.2, 0) is 16.1 Å². The molecular weight excluding hydrogens is 250 g/mol. The Kier molecular flexibility index (Phi) is 3.65. The minimum absolute atomic E-state index is 0.0117. The third-order valence-electron chi connectivity index (χ3n) is 2.72. The fraction of sp³-hybridized carbons (Fsp3) is 0.250. The molecule has 1 heterocycles. The molecule has 0 radical (unpaired) electrons. The van der Waals surface area contributed by atoms with Crippen molar-refractivity contribution in [1.82, 2.24) is 10.2 Å². The fourth-order valence-electron chi connectivity index (χ4n) is 1.64. The molecular formula is C12H13N3O4. The van der Waals surface area contributed by atoms with Crippen molar-refractivity contribution in [1.29, 1.82) is 0 Å². The van der Waals surface area contributed by atoms with Gasteiger partial charge < -0.3 is 15.8 Å². The van der Waals surface area contributed by atoms with Gasteiger partial charge in [0.15, 0.2) is 0 Å². The van der Waals surface area contributed by atoms with Crippen LogP contribution in [0.1, 0.15) is 5.56 Å². The van der Waals surface area contributed by atoms with Crippen molar-refractivity contribution in [2.24, 2.45) is 5.73 Å². The van der Waals surface area contributed by atoms with Crippen molar-refractivity contribution < 1.29 is 19.1 Å². The number of primary amides is 1. The predicted molar refractivity (Wildman–Crippen MR) is 64.8 cm³/mol. The Hall–Kier alpha value is -2.57. The third-order valence-corrected chi connectivity index (χ3v) is 2.72. The molecule has 0 saturated carbocycles. The highest BCUT2D eigenvalue weighted by Crippen LogP contribution is 2.10. The van der Waals surface area contributed by atoms with Crippen LogP contribution in [0.2, 0.25) is 0 Å². The van der Waals surface area contributed by atoms with Gasteiger partial charge in [0, 0.05) is 6.54 Å². The van der Waals surface area contributed by atoms with Crippen molar-refractivity contribution >= 4 is 18.0 Å². The number of carbonyl (C=O) groups is 3. The first kappa shape index (κ1) is 12.9. The van der Waals surface area contributed by atoms with Crippen LogP contribution in [0.25, 0.3) is 0 Å². The van der Waals surface area contributed by atoms with Crippen LogP contribution < -0.4 is 11.1 Å². The molecule has 1 aromatic rings. The lowest BCUT2D eigenvalue weighted by Crippen LogP contribution is -2.65. The summed E-state index contributed by atoms with van der Waals surface area (Å²) in [5.41, 5.74) is 5.86. The summed E-state index contributed by atoms with van der Waals surface area (Å²) < 4.78 is 4.96. The molecule has 3 N–H and O–H groups in total. The van der Waals surface area contributed by atoms with Gasteiger partial charge in [-0.25, -0.2) is 14.5 Å². The Morgan fingerprint density at radius 1 is 1.37 bits per heavy atom. The van der Waals surface area contributed by atoms with E-state index in [9.17, 15) is 14.4 Å². The smallest absolute Gasteiger partial charge is 0.419 e. The standard InChI is InChI=1S/C12H13N3O4/c13-11(17)15(9-6-14-10(9)16)12(18)19-7-8-4-2-1-3-5-8/h1-5,9H,6-7H2,(H2,13,17)(H,14,16)/t9-/m0/s1. The van der Waals surface area contributed by atoms with Crippen molar-refractivity contribution in [2.75, 3.05) is 6.54 Å². The van der Waals surface area contributed by atoms with Gasteiger partial charge in [-0.2, -0.15) is 0 Å². The zero-order valence-electron chi connectivity index (χ0n) is 10.0. The monoisotopic (exact) mass is 263 g/mol. The number of ether oxygens (including phenoxy) is 1. The first-order valence-electron chi connectivity index (χ1n) is 5.66. The molecule has 1 aliphatic heterocycles. The highest BCUT2D eigenvalue weighted by atomic mass is 16.6. The second-order valence-electron chi connectivity index (χ2n) is 4.01. The number of benzene rings is 1. The largest absolute Gasteiger partial charge is 0.444 e. The highest BCUT2D eigenvalue weighted by molar-refractivity contribution is 5.99. The van der Waals surface area contributed by atoms with Gasteiger partial charge >= 0.3 is 12.1 Å². The van der Waals surface area contributed by atoms with Gasteiger partial charge in [0.25, 0.3) is 0 Å². The SMILES string of the molecule is NC(=O)N(C(=O)OCc1ccccc1)[C@H]1CNC1=O. The molecule has 0 bridgehead atoms. The minimum atomic E-state index is -1.00. The lowest BCUT2D eigenvalue weighted by atomic mass is 10.1. The number of imide groups is 1. The van der Waals surface area contributed by atoms with Crippen molar-refractivity contribution in [2.45, 2.75) is 12.6 Å². The molecule has 4 amide bonds. The van der Waals surface area contributed by atoms with E-state index in [1.807, 2.05) is 6.07 Å². The summed E-state index contributed by atoms with van der Waals surface area (Å²) in [6.07, 6.45) is -0.920. The summed E-state index contributed by atoms with van der Waals surface area (Å²) >= 11 is 0. The molecule has 7 nitrogen and oxygen atoms in total. The molecule has 1 atom stereocenters. The molecule has 1 aromatic carbocycles. The summed E-state index contributed by atoms with van der Waals surface area (Å²) in [4.78, 5) is 34.8. The highest BCUT2D eigenvalue weighted by Gasteiger charge is 2.40. The minimum Gasteiger partial charge on any atom is -0.444 e. The van der Waals surface area contributed by atoms with E-state index in [2.05, 4.69) is 5.32 Å². The van der Waals surface area contributed by atoms with Crippen LogP contribution in [0.4, 0.5) is 9.59 Å². The molecule has 0 unspecified atom stereocenters. The number of amides is 4. The van der Waals surface area contributed by atoms with Crippen molar-refractivity contribution in [3.05, 3.63) is 35.9 Å². The van der Waals surface area contributed by atoms with Gasteiger partial charge in [0.1, 0.15) is 12.6 Å². The molecule has 0 spiro atoms. The fourth-order valence-corrected chi connectivity index (χ4v) is 1.64. The zero-order chi connectivity index (χ0) is 13.8. The number of hydrogen-bond donors (Lipinski definition) is 2. The molecule has 2 rings (SSSR count). The van der Waals surface area contributed by atoms with E-state index in [0.29, 0.717) is 4.90 Å². The van der Waals surface area contributed by atoms with Crippen LogP contribution in [0.3, 0.4) is 0 Å². The van der Waals surface area contributed by atoms with E-state index in [1.54, 1.807) is 24.3 Å². The van der Waals surface area contributed by atoms with Crippen LogP contribution in [0, 0.1) is 0 Å². The van der Waals surface area contributed by atoms with E-state index >= 15 is 0 Å². The Morgan fingerprint density at radius 3 is 2.53 bits per heavy atom. The lowest BCUT2D eigenvalue weighted by Gasteiger charge is -2.33. The van der Waals surface area contributed by atoms with Crippen molar-refractivity contribution in [3.8, 4) is 0 Å². The molecule has 7 heteroatoms. The van der Waals surface area contributed by atoms with E-state index in [4.69, 9.17) is 10.5 Å². The zero-order valence-corrected chi connectivity index (χ0v) is 10.0. The number of nitrogens with two attached hydrogens (primary N) is 1. The molecule has 100 valence electrons. The second-order valence-corrected chi connectivity index (χ2v) is 4.01. The number of rotatable bonds is 3. The van der Waals surface area contributed by atoms with Crippen LogP contribution >= 0.6 is 0 Å². The average molecular weight is 263 g/mol. The maximum Gasteiger partial charge on any atom is 0.419 e. The Labute approximate surface area is 109 Å². The molecule has 1 fully saturated rings. The maximum absolute atomic E-state index is 11.8. The Balaban J connectivity index is 1.97. The summed E-state index contributed by atoms with van der Waals surface area (Å²) in [5, 5.41) is 2.43. The number of urea groups is 1. The number of nitrogens with one attached hydrogen (secondary N) is 1. The molecule has 1 aliphatic rings. The van der Waals surface area contributed by atoms with E-state index in [0.717, 1.165) is 5.56 Å². The number of nitrogens with zero attached hydrogens (tertiary/aromatic N) is 1. The van der Waals surface area contributed by atoms with Crippen molar-refractivity contribution in [3.63, 3.8) is 0 Å². The van der Waals surface area contributed by atoms with Gasteiger partial charge in [-0.05, 0) is 5.56 Å². The summed E-state index contributed by atoms with van der Waals surface area (Å²) in [7, 11) is 0. The van der Waals surface area contributed by atoms with E-state index in [1.165, 1.54) is 0 Å². The second kappa shape index (κ2) is 5.38. The number of carbonyl (C=O) groups excluding carboxylic acids is 3. The number of β-lactam (4-membered cyclic amide) rings is 1. The van der Waals surface area contributed by atoms with Gasteiger partial charge in [-0.1, -0.05) is 30.3 Å². The topological polar surface area (TPSA) is 102 Å². The summed E-state index contributed by atoms with van der Waals surface area (Å²) in [6, 6.07) is 7.11. The molecule has 0 aliphatic carbocycles. The van der Waals surface area contributed by atoms with Gasteiger partial charge in [0.2, 0.25) is 5.91 Å². The van der Waals surface area contributed by atoms with E-state index < -0.39 is 24.1 Å². The van der Waals surface area contributed by atoms with Crippen LogP contribution in [0.5, 0.6) is 0 Å². The predicted octanol–water partition coefficient (Wildman–Crippen LogP) is 0.202. The Morgan fingerprint density at radius 2 is 2.05 bits per heavy atom. The average Bonchev–Trinajstić information content (AvgIpc) is 2.41. The lowest BCUT2D eigenvalue weighted by molar-refractivity contribution is -0.131. The normalized spacial score (nSPS) is 17.1. The van der Waals surface area contributed by atoms with Crippen LogP contribution in [-0.4, -0.2) is 35.5 Å². The molecule has 19 heavy (non-hydrogen) atoms. The first-order valence-corrected chi connectivity index (χ1v) is 5.66. The Bertz CT molecular complexity index is 503. The van der Waals surface area contributed by atoms with E-state index in [-0.39, 0.29) is 13.2 Å². The van der Waals surface area contributed by atoms with Crippen LogP contribution in [0.15, 0.2) is 30.3 Å². The van der Waals surface area contributed by atoms with Gasteiger partial charge in [-0.3, -0.25) is 4.79 Å². The summed E-state index contributed by atoms with van der Waals surface area (Å²) in [6.45, 7) is 0.208. The summed E-state index contributed by atoms with van der Waals surface area (Å²) in [5.74, 6) is -0.421. The first-order chi connectivity index (χ1) is 9.09. The quantitative estimate of drug-likeness (QED) is 0.760. The van der Waals surface area contributed by atoms with Gasteiger partial charge in [0.05, 0.1) is 0 Å². The number of hydrogen-bond acceptors (Lipinski definition) is 4. The third kappa shape index (κ3) is 2.82. The maximum atomic E-state index is 11.8. The molecule has 1 saturated heterocycles. The molecule has 0 aromatic heterocycles.